The van der Waals surface area contributed by atoms with Crippen molar-refractivity contribution in [2.75, 3.05) is 52.4 Å². The van der Waals surface area contributed by atoms with Gasteiger partial charge in [-0.3, -0.25) is 0 Å². The van der Waals surface area contributed by atoms with Gasteiger partial charge in [-0.2, -0.15) is 0 Å². The second-order valence-corrected chi connectivity index (χ2v) is 7.50. The molecule has 0 aromatic rings. The van der Waals surface area contributed by atoms with Crippen LogP contribution in [0.4, 0.5) is 0 Å². The van der Waals surface area contributed by atoms with Gasteiger partial charge in [0.15, 0.2) is 0 Å². The molecule has 0 unspecified atom stereocenters. The van der Waals surface area contributed by atoms with Gasteiger partial charge in [0, 0.05) is 0 Å². The number of rotatable bonds is 14. The first-order chi connectivity index (χ1) is 11.5. The van der Waals surface area contributed by atoms with Gasteiger partial charge in [0.2, 0.25) is 0 Å². The molecule has 24 heavy (non-hydrogen) atoms. The predicted molar refractivity (Wildman–Crippen MR) is 113 cm³/mol. The topological polar surface area (TPSA) is 0 Å². The van der Waals surface area contributed by atoms with E-state index < -0.39 is 0 Å². The minimum atomic E-state index is 1.30. The van der Waals surface area contributed by atoms with Crippen molar-refractivity contribution in [3.05, 3.63) is 0 Å². The molecule has 0 saturated heterocycles. The maximum absolute atomic E-state index is 2.34. The van der Waals surface area contributed by atoms with Crippen molar-refractivity contribution in [2.24, 2.45) is 0 Å². The monoisotopic (exact) mass is 344 g/mol. The lowest BCUT2D eigenvalue weighted by atomic mass is 10.2. The van der Waals surface area contributed by atoms with E-state index in [1.807, 2.05) is 0 Å². The van der Waals surface area contributed by atoms with E-state index >= 15 is 0 Å². The molecule has 2 heteroatoms. The Morgan fingerprint density at radius 2 is 0.625 bits per heavy atom. The average molecular weight is 345 g/mol. The van der Waals surface area contributed by atoms with Crippen molar-refractivity contribution in [1.82, 2.24) is 0 Å². The normalized spacial score (nSPS) is 12.0. The molecule has 0 amide bonds. The van der Waals surface area contributed by atoms with Gasteiger partial charge in [-0.25, -0.2) is 0 Å². The molecule has 2 nitrogen and oxygen atoms in total. The number of hydrogen-bond acceptors (Lipinski definition) is 0. The Bertz CT molecular complexity index is 224. The van der Waals surface area contributed by atoms with Crippen molar-refractivity contribution >= 4 is 0 Å². The van der Waals surface area contributed by atoms with Gasteiger partial charge in [-0.1, -0.05) is 40.0 Å². The largest absolute Gasteiger partial charge is 0.324 e. The summed E-state index contributed by atoms with van der Waals surface area (Å²) in [6, 6.07) is 0. The molecule has 0 aromatic heterocycles. The molecule has 0 radical (unpaired) electrons. The highest BCUT2D eigenvalue weighted by Gasteiger charge is 2.21. The van der Waals surface area contributed by atoms with Gasteiger partial charge in [0.05, 0.1) is 52.4 Å². The number of hydrogen-bond donors (Lipinski definition) is 0. The quantitative estimate of drug-likeness (QED) is 0.334. The summed E-state index contributed by atoms with van der Waals surface area (Å²) in [6.07, 6.45) is 8.19. The summed E-state index contributed by atoms with van der Waals surface area (Å²) in [5.74, 6) is 0. The zero-order chi connectivity index (χ0) is 18.9. The molecular formula is C22H52N2+2. The Balaban J connectivity index is 0. The van der Waals surface area contributed by atoms with E-state index in [9.17, 15) is 0 Å². The molecular weight excluding hydrogens is 292 g/mol. The van der Waals surface area contributed by atoms with Crippen molar-refractivity contribution in [2.45, 2.75) is 93.9 Å². The maximum atomic E-state index is 2.34. The van der Waals surface area contributed by atoms with Crippen molar-refractivity contribution in [3.8, 4) is 0 Å². The van der Waals surface area contributed by atoms with Gasteiger partial charge in [-0.15, -0.1) is 0 Å². The first-order valence-electron chi connectivity index (χ1n) is 11.2. The van der Waals surface area contributed by atoms with Gasteiger partial charge in [-0.05, 0) is 53.9 Å². The summed E-state index contributed by atoms with van der Waals surface area (Å²) in [6.45, 7) is 29.2. The minimum absolute atomic E-state index is 1.30. The molecule has 0 saturated carbocycles. The van der Waals surface area contributed by atoms with E-state index in [2.05, 4.69) is 55.4 Å². The maximum Gasteiger partial charge on any atom is 0.0786 e. The lowest BCUT2D eigenvalue weighted by Gasteiger charge is -2.37. The van der Waals surface area contributed by atoms with E-state index in [-0.39, 0.29) is 0 Å². The Hall–Kier alpha value is -0.0800. The highest BCUT2D eigenvalue weighted by molar-refractivity contribution is 4.43. The van der Waals surface area contributed by atoms with Crippen LogP contribution in [0.3, 0.4) is 0 Å². The summed E-state index contributed by atoms with van der Waals surface area (Å²) in [5, 5.41) is 0. The van der Waals surface area contributed by atoms with E-state index in [0.29, 0.717) is 0 Å². The highest BCUT2D eigenvalue weighted by Crippen LogP contribution is 2.11. The van der Waals surface area contributed by atoms with Gasteiger partial charge < -0.3 is 8.97 Å². The lowest BCUT2D eigenvalue weighted by molar-refractivity contribution is -0.925. The SMILES string of the molecule is CCCC[N+](CC)(CC)CC.CCCC[N+](CC)(CC)CCCC. The molecule has 0 rings (SSSR count). The molecule has 0 N–H and O–H groups in total. The molecule has 0 atom stereocenters. The van der Waals surface area contributed by atoms with Crippen molar-refractivity contribution in [3.63, 3.8) is 0 Å². The third-order valence-electron chi connectivity index (χ3n) is 6.31. The first-order valence-corrected chi connectivity index (χ1v) is 11.2. The summed E-state index contributed by atoms with van der Waals surface area (Å²) >= 11 is 0. The molecule has 0 aromatic carbocycles. The van der Waals surface area contributed by atoms with Crippen LogP contribution in [0.1, 0.15) is 93.9 Å². The Labute approximate surface area is 155 Å². The average Bonchev–Trinajstić information content (AvgIpc) is 2.65. The van der Waals surface area contributed by atoms with E-state index in [1.165, 1.54) is 99.8 Å². The fraction of sp³-hybridized carbons (Fsp3) is 1.00. The molecule has 148 valence electrons. The first kappa shape index (κ1) is 26.2. The van der Waals surface area contributed by atoms with Crippen LogP contribution in [0.2, 0.25) is 0 Å². The molecule has 0 aliphatic rings. The fourth-order valence-electron chi connectivity index (χ4n) is 3.59. The van der Waals surface area contributed by atoms with Gasteiger partial charge in [0.1, 0.15) is 0 Å². The predicted octanol–water partition coefficient (Wildman–Crippen LogP) is 6.11. The van der Waals surface area contributed by atoms with Crippen molar-refractivity contribution in [1.29, 1.82) is 0 Å². The Morgan fingerprint density at radius 3 is 0.833 bits per heavy atom. The number of unbranched alkanes of at least 4 members (excludes halogenated alkanes) is 3. The van der Waals surface area contributed by atoms with E-state index in [0.717, 1.165) is 0 Å². The summed E-state index contributed by atoms with van der Waals surface area (Å²) < 4.78 is 2.66. The summed E-state index contributed by atoms with van der Waals surface area (Å²) in [5.41, 5.74) is 0. The Morgan fingerprint density at radius 1 is 0.375 bits per heavy atom. The van der Waals surface area contributed by atoms with Crippen LogP contribution in [-0.2, 0) is 0 Å². The van der Waals surface area contributed by atoms with Crippen LogP contribution in [0, 0.1) is 0 Å². The van der Waals surface area contributed by atoms with Crippen LogP contribution in [0.15, 0.2) is 0 Å². The molecule has 0 aliphatic heterocycles. The summed E-state index contributed by atoms with van der Waals surface area (Å²) in [4.78, 5) is 0. The highest BCUT2D eigenvalue weighted by atomic mass is 15.3. The third kappa shape index (κ3) is 10.7. The zero-order valence-electron chi connectivity index (χ0n) is 18.8. The second kappa shape index (κ2) is 16.4. The second-order valence-electron chi connectivity index (χ2n) is 7.50. The third-order valence-corrected chi connectivity index (χ3v) is 6.31. The molecule has 0 aliphatic carbocycles. The fourth-order valence-corrected chi connectivity index (χ4v) is 3.59. The van der Waals surface area contributed by atoms with Crippen LogP contribution < -0.4 is 0 Å². The summed E-state index contributed by atoms with van der Waals surface area (Å²) in [7, 11) is 0. The number of nitrogens with zero attached hydrogens (tertiary/aromatic N) is 2. The molecule has 0 spiro atoms. The smallest absolute Gasteiger partial charge is 0.0786 e. The molecule has 0 fully saturated rings. The van der Waals surface area contributed by atoms with Gasteiger partial charge in [0.25, 0.3) is 0 Å². The zero-order valence-corrected chi connectivity index (χ0v) is 18.8. The van der Waals surface area contributed by atoms with E-state index in [1.54, 1.807) is 0 Å². The van der Waals surface area contributed by atoms with Crippen LogP contribution >= 0.6 is 0 Å². The van der Waals surface area contributed by atoms with Crippen molar-refractivity contribution < 1.29 is 8.97 Å². The van der Waals surface area contributed by atoms with Gasteiger partial charge >= 0.3 is 0 Å². The molecule has 0 bridgehead atoms. The number of quaternary nitrogens is 2. The minimum Gasteiger partial charge on any atom is -0.324 e. The van der Waals surface area contributed by atoms with Crippen LogP contribution in [-0.4, -0.2) is 61.3 Å². The molecule has 0 heterocycles. The van der Waals surface area contributed by atoms with E-state index in [4.69, 9.17) is 0 Å². The lowest BCUT2D eigenvalue weighted by Crippen LogP contribution is -2.49. The van der Waals surface area contributed by atoms with Crippen LogP contribution in [0.25, 0.3) is 0 Å². The standard InChI is InChI=1S/C12H28N.C10H24N/c1-5-9-11-13(7-3,8-4)12-10-6-2;1-5-9-10-11(6-2,7-3)8-4/h5-12H2,1-4H3;5-10H2,1-4H3/q2*+1. The Kier molecular flexibility index (Phi) is 17.9. The van der Waals surface area contributed by atoms with Crippen LogP contribution in [0.5, 0.6) is 0 Å².